The lowest BCUT2D eigenvalue weighted by molar-refractivity contribution is 0.175. The van der Waals surface area contributed by atoms with Gasteiger partial charge in [-0.3, -0.25) is 0 Å². The number of ether oxygens (including phenoxy) is 2. The van der Waals surface area contributed by atoms with E-state index in [4.69, 9.17) is 14.6 Å². The zero-order chi connectivity index (χ0) is 15.5. The molecular formula is C18H28O3. The van der Waals surface area contributed by atoms with Gasteiger partial charge in [0.15, 0.2) is 11.5 Å². The first-order chi connectivity index (χ1) is 10.2. The lowest BCUT2D eigenvalue weighted by Crippen LogP contribution is -2.15. The third-order valence-electron chi connectivity index (χ3n) is 3.48. The fourth-order valence-electron chi connectivity index (χ4n) is 2.22. The molecular weight excluding hydrogens is 264 g/mol. The van der Waals surface area contributed by atoms with Crippen molar-refractivity contribution in [3.05, 3.63) is 29.8 Å². The van der Waals surface area contributed by atoms with Gasteiger partial charge in [0.1, 0.15) is 0 Å². The molecule has 0 radical (unpaired) electrons. The van der Waals surface area contributed by atoms with Crippen LogP contribution in [-0.2, 0) is 0 Å². The van der Waals surface area contributed by atoms with E-state index in [1.165, 1.54) is 19.3 Å². The Hall–Kier alpha value is -1.48. The second kappa shape index (κ2) is 10.3. The van der Waals surface area contributed by atoms with E-state index in [0.717, 1.165) is 29.9 Å². The number of methoxy groups -OCH3 is 1. The summed E-state index contributed by atoms with van der Waals surface area (Å²) < 4.78 is 11.5. The third kappa shape index (κ3) is 6.21. The Morgan fingerprint density at radius 3 is 2.62 bits per heavy atom. The summed E-state index contributed by atoms with van der Waals surface area (Å²) in [7, 11) is 1.65. The van der Waals surface area contributed by atoms with E-state index in [1.807, 2.05) is 24.3 Å². The fraction of sp³-hybridized carbons (Fsp3) is 0.556. The minimum absolute atomic E-state index is 0.0376. The summed E-state index contributed by atoms with van der Waals surface area (Å²) >= 11 is 0. The van der Waals surface area contributed by atoms with Crippen LogP contribution in [0.5, 0.6) is 11.5 Å². The molecule has 0 saturated carbocycles. The number of aliphatic hydroxyl groups excluding tert-OH is 1. The Morgan fingerprint density at radius 1 is 1.19 bits per heavy atom. The second-order valence-electron chi connectivity index (χ2n) is 5.14. The van der Waals surface area contributed by atoms with E-state index in [2.05, 4.69) is 13.8 Å². The maximum Gasteiger partial charge on any atom is 0.161 e. The molecule has 3 heteroatoms. The molecule has 1 aromatic rings. The Balaban J connectivity index is 2.74. The summed E-state index contributed by atoms with van der Waals surface area (Å²) in [5.41, 5.74) is 0.993. The van der Waals surface area contributed by atoms with Crippen molar-refractivity contribution in [3.63, 3.8) is 0 Å². The summed E-state index contributed by atoms with van der Waals surface area (Å²) in [5.74, 6) is 1.53. The van der Waals surface area contributed by atoms with E-state index in [1.54, 1.807) is 13.2 Å². The average molecular weight is 292 g/mol. The van der Waals surface area contributed by atoms with Crippen LogP contribution in [0.2, 0.25) is 0 Å². The Morgan fingerprint density at radius 2 is 2.00 bits per heavy atom. The molecule has 0 bridgehead atoms. The van der Waals surface area contributed by atoms with Crippen LogP contribution in [0.25, 0.3) is 6.08 Å². The van der Waals surface area contributed by atoms with Gasteiger partial charge in [-0.25, -0.2) is 0 Å². The second-order valence-corrected chi connectivity index (χ2v) is 5.14. The van der Waals surface area contributed by atoms with Crippen molar-refractivity contribution in [2.45, 2.75) is 52.1 Å². The number of hydrogen-bond donors (Lipinski definition) is 1. The molecule has 0 saturated heterocycles. The molecule has 0 aliphatic carbocycles. The van der Waals surface area contributed by atoms with Gasteiger partial charge >= 0.3 is 0 Å². The molecule has 3 nitrogen and oxygen atoms in total. The summed E-state index contributed by atoms with van der Waals surface area (Å²) in [5, 5.41) is 8.82. The Bertz CT molecular complexity index is 426. The minimum atomic E-state index is 0.0376. The van der Waals surface area contributed by atoms with Gasteiger partial charge in [-0.15, -0.1) is 0 Å². The smallest absolute Gasteiger partial charge is 0.161 e. The van der Waals surface area contributed by atoms with Crippen molar-refractivity contribution in [2.75, 3.05) is 13.7 Å². The number of benzene rings is 1. The standard InChI is InChI=1S/C18H28O3/c1-4-6-7-10-16(5-2)21-17-12-11-15(9-8-13-19)14-18(17)20-3/h8-9,11-12,14,16,19H,4-7,10,13H2,1-3H3/b9-8+. The van der Waals surface area contributed by atoms with Crippen LogP contribution in [0.1, 0.15) is 51.5 Å². The van der Waals surface area contributed by atoms with Crippen molar-refractivity contribution >= 4 is 6.08 Å². The zero-order valence-corrected chi connectivity index (χ0v) is 13.5. The summed E-state index contributed by atoms with van der Waals surface area (Å²) in [6.07, 6.45) is 9.57. The molecule has 1 atom stereocenters. The Kier molecular flexibility index (Phi) is 8.60. The molecule has 1 rings (SSSR count). The number of hydrogen-bond acceptors (Lipinski definition) is 3. The van der Waals surface area contributed by atoms with Crippen molar-refractivity contribution in [1.82, 2.24) is 0 Å². The first kappa shape index (κ1) is 17.6. The largest absolute Gasteiger partial charge is 0.493 e. The lowest BCUT2D eigenvalue weighted by Gasteiger charge is -2.19. The van der Waals surface area contributed by atoms with Gasteiger partial charge in [0.2, 0.25) is 0 Å². The van der Waals surface area contributed by atoms with Crippen LogP contribution in [0, 0.1) is 0 Å². The van der Waals surface area contributed by atoms with Crippen molar-refractivity contribution < 1.29 is 14.6 Å². The first-order valence-electron chi connectivity index (χ1n) is 7.87. The van der Waals surface area contributed by atoms with Crippen LogP contribution in [0.3, 0.4) is 0 Å². The first-order valence-corrected chi connectivity index (χ1v) is 7.87. The molecule has 21 heavy (non-hydrogen) atoms. The van der Waals surface area contributed by atoms with E-state index in [0.29, 0.717) is 0 Å². The summed E-state index contributed by atoms with van der Waals surface area (Å²) in [6, 6.07) is 5.85. The molecule has 1 unspecified atom stereocenters. The van der Waals surface area contributed by atoms with Gasteiger partial charge in [0.05, 0.1) is 19.8 Å². The predicted molar refractivity (Wildman–Crippen MR) is 88.0 cm³/mol. The normalized spacial score (nSPS) is 12.6. The maximum absolute atomic E-state index is 8.82. The molecule has 0 amide bonds. The zero-order valence-electron chi connectivity index (χ0n) is 13.5. The van der Waals surface area contributed by atoms with Crippen molar-refractivity contribution in [3.8, 4) is 11.5 Å². The van der Waals surface area contributed by atoms with Crippen LogP contribution in [0.4, 0.5) is 0 Å². The lowest BCUT2D eigenvalue weighted by atomic mass is 10.1. The molecule has 0 spiro atoms. The highest BCUT2D eigenvalue weighted by atomic mass is 16.5. The summed E-state index contributed by atoms with van der Waals surface area (Å²) in [6.45, 7) is 4.40. The van der Waals surface area contributed by atoms with Gasteiger partial charge in [0, 0.05) is 0 Å². The fourth-order valence-corrected chi connectivity index (χ4v) is 2.22. The number of unbranched alkanes of at least 4 members (excludes halogenated alkanes) is 2. The highest BCUT2D eigenvalue weighted by molar-refractivity contribution is 5.55. The maximum atomic E-state index is 8.82. The van der Waals surface area contributed by atoms with E-state index in [-0.39, 0.29) is 12.7 Å². The third-order valence-corrected chi connectivity index (χ3v) is 3.48. The number of rotatable bonds is 10. The predicted octanol–water partition coefficient (Wildman–Crippen LogP) is 4.44. The van der Waals surface area contributed by atoms with Crippen LogP contribution in [0.15, 0.2) is 24.3 Å². The van der Waals surface area contributed by atoms with E-state index < -0.39 is 0 Å². The van der Waals surface area contributed by atoms with Gasteiger partial charge in [0.25, 0.3) is 0 Å². The minimum Gasteiger partial charge on any atom is -0.493 e. The molecule has 0 aliphatic rings. The quantitative estimate of drug-likeness (QED) is 0.648. The van der Waals surface area contributed by atoms with Gasteiger partial charge in [-0.2, -0.15) is 0 Å². The van der Waals surface area contributed by atoms with E-state index >= 15 is 0 Å². The SMILES string of the molecule is CCCCCC(CC)Oc1ccc(/C=C/CO)cc1OC. The average Bonchev–Trinajstić information content (AvgIpc) is 2.52. The molecule has 118 valence electrons. The summed E-state index contributed by atoms with van der Waals surface area (Å²) in [4.78, 5) is 0. The molecule has 0 aromatic heterocycles. The molecule has 0 heterocycles. The van der Waals surface area contributed by atoms with Crippen LogP contribution in [-0.4, -0.2) is 24.9 Å². The van der Waals surface area contributed by atoms with Gasteiger partial charge in [-0.05, 0) is 37.0 Å². The highest BCUT2D eigenvalue weighted by Gasteiger charge is 2.12. The van der Waals surface area contributed by atoms with Crippen LogP contribution >= 0.6 is 0 Å². The topological polar surface area (TPSA) is 38.7 Å². The van der Waals surface area contributed by atoms with E-state index in [9.17, 15) is 0 Å². The number of aliphatic hydroxyl groups is 1. The van der Waals surface area contributed by atoms with Crippen molar-refractivity contribution in [1.29, 1.82) is 0 Å². The molecule has 0 fully saturated rings. The van der Waals surface area contributed by atoms with Crippen LogP contribution < -0.4 is 9.47 Å². The van der Waals surface area contributed by atoms with Gasteiger partial charge in [-0.1, -0.05) is 44.9 Å². The van der Waals surface area contributed by atoms with Gasteiger partial charge < -0.3 is 14.6 Å². The molecule has 1 N–H and O–H groups in total. The monoisotopic (exact) mass is 292 g/mol. The highest BCUT2D eigenvalue weighted by Crippen LogP contribution is 2.30. The Labute approximate surface area is 128 Å². The molecule has 0 aliphatic heterocycles. The molecule has 1 aromatic carbocycles. The van der Waals surface area contributed by atoms with Crippen molar-refractivity contribution in [2.24, 2.45) is 0 Å².